The fourth-order valence-electron chi connectivity index (χ4n) is 5.57. The van der Waals surface area contributed by atoms with Gasteiger partial charge in [-0.2, -0.15) is 13.9 Å². The van der Waals surface area contributed by atoms with Crippen LogP contribution in [0.3, 0.4) is 0 Å². The number of hydrogen-bond acceptors (Lipinski definition) is 5. The summed E-state index contributed by atoms with van der Waals surface area (Å²) in [5, 5.41) is 6.46. The van der Waals surface area contributed by atoms with E-state index in [0.29, 0.717) is 10.7 Å². The molecule has 0 radical (unpaired) electrons. The first-order valence-corrected chi connectivity index (χ1v) is 14.1. The van der Waals surface area contributed by atoms with Crippen LogP contribution in [0, 0.1) is 23.4 Å². The molecule has 1 atom stereocenters. The standard InChI is InChI=1S/C30H25ClF5N5O3/c1-44-23-7-14(6-15-12-41(29(35)36)40-25(15)23)27(42)38-11-17(13-2-3-13)22-9-18(30(4-5-30)28(37)43)24(34)26(39-22)16-8-19(31)21(33)10-20(16)32/h6-10,12-13,17,29H,2-5,11H2,1H3,(H2,37,43)(H,38,42). The number of amides is 2. The predicted octanol–water partition coefficient (Wildman–Crippen LogP) is 6.01. The molecule has 0 saturated heterocycles. The highest BCUT2D eigenvalue weighted by Gasteiger charge is 2.52. The van der Waals surface area contributed by atoms with Gasteiger partial charge in [-0.15, -0.1) is 0 Å². The maximum atomic E-state index is 16.0. The summed E-state index contributed by atoms with van der Waals surface area (Å²) < 4.78 is 77.0. The van der Waals surface area contributed by atoms with Crippen LogP contribution >= 0.6 is 11.6 Å². The molecule has 14 heteroatoms. The van der Waals surface area contributed by atoms with Gasteiger partial charge in [-0.1, -0.05) is 11.6 Å². The topological polar surface area (TPSA) is 112 Å². The van der Waals surface area contributed by atoms with Crippen molar-refractivity contribution in [1.82, 2.24) is 20.1 Å². The monoisotopic (exact) mass is 633 g/mol. The van der Waals surface area contributed by atoms with Gasteiger partial charge in [-0.25, -0.2) is 22.8 Å². The van der Waals surface area contributed by atoms with Crippen LogP contribution in [-0.2, 0) is 10.2 Å². The molecule has 2 fully saturated rings. The Balaban J connectivity index is 1.37. The van der Waals surface area contributed by atoms with Gasteiger partial charge in [-0.3, -0.25) is 9.59 Å². The van der Waals surface area contributed by atoms with Crippen molar-refractivity contribution < 1.29 is 36.3 Å². The van der Waals surface area contributed by atoms with E-state index in [4.69, 9.17) is 22.1 Å². The van der Waals surface area contributed by atoms with Crippen molar-refractivity contribution >= 4 is 34.3 Å². The van der Waals surface area contributed by atoms with Crippen LogP contribution in [-0.4, -0.2) is 40.2 Å². The summed E-state index contributed by atoms with van der Waals surface area (Å²) >= 11 is 5.90. The molecule has 3 N–H and O–H groups in total. The summed E-state index contributed by atoms with van der Waals surface area (Å²) in [5.74, 6) is -4.70. The number of alkyl halides is 2. The summed E-state index contributed by atoms with van der Waals surface area (Å²) in [7, 11) is 1.33. The summed E-state index contributed by atoms with van der Waals surface area (Å²) in [6.45, 7) is -2.86. The van der Waals surface area contributed by atoms with E-state index < -0.39 is 57.9 Å². The molecule has 0 spiro atoms. The Hall–Kier alpha value is -4.26. The SMILES string of the molecule is COc1cc(C(=O)NCC(c2cc(C3(C(N)=O)CC3)c(F)c(-c3cc(Cl)c(F)cc3F)n2)C2CC2)cc2cn(C(F)F)nc12. The summed E-state index contributed by atoms with van der Waals surface area (Å²) in [6, 6.07) is 5.68. The van der Waals surface area contributed by atoms with Crippen LogP contribution in [0.25, 0.3) is 22.2 Å². The molecule has 0 aliphatic heterocycles. The van der Waals surface area contributed by atoms with E-state index in [1.807, 2.05) is 0 Å². The number of pyridine rings is 1. The molecule has 8 nitrogen and oxygen atoms in total. The fraction of sp³-hybridized carbons (Fsp3) is 0.333. The van der Waals surface area contributed by atoms with Crippen molar-refractivity contribution in [2.45, 2.75) is 43.6 Å². The molecule has 2 heterocycles. The number of nitrogens with two attached hydrogens (primary N) is 1. The van der Waals surface area contributed by atoms with Gasteiger partial charge in [0.2, 0.25) is 5.91 Å². The Morgan fingerprint density at radius 2 is 1.86 bits per heavy atom. The quantitative estimate of drug-likeness (QED) is 0.164. The van der Waals surface area contributed by atoms with Crippen molar-refractivity contribution in [2.24, 2.45) is 11.7 Å². The Labute approximate surface area is 252 Å². The van der Waals surface area contributed by atoms with Gasteiger partial charge < -0.3 is 15.8 Å². The molecule has 2 aromatic carbocycles. The van der Waals surface area contributed by atoms with Gasteiger partial charge >= 0.3 is 6.55 Å². The number of nitrogens with zero attached hydrogens (tertiary/aromatic N) is 3. The molecule has 230 valence electrons. The highest BCUT2D eigenvalue weighted by molar-refractivity contribution is 6.31. The van der Waals surface area contributed by atoms with E-state index in [-0.39, 0.29) is 64.3 Å². The second-order valence-electron chi connectivity index (χ2n) is 11.1. The smallest absolute Gasteiger partial charge is 0.333 e. The van der Waals surface area contributed by atoms with Crippen molar-refractivity contribution in [1.29, 1.82) is 0 Å². The molecule has 1 unspecified atom stereocenters. The largest absolute Gasteiger partial charge is 0.494 e. The lowest BCUT2D eigenvalue weighted by Crippen LogP contribution is -2.32. The number of aromatic nitrogens is 3. The minimum atomic E-state index is -2.88. The molecular formula is C30H25ClF5N5O3. The van der Waals surface area contributed by atoms with E-state index in [1.165, 1.54) is 25.3 Å². The summed E-state index contributed by atoms with van der Waals surface area (Å²) in [6.07, 6.45) is 3.21. The molecule has 4 aromatic rings. The third kappa shape index (κ3) is 5.23. The zero-order valence-corrected chi connectivity index (χ0v) is 23.9. The number of fused-ring (bicyclic) bond motifs is 1. The number of primary amides is 1. The Kier molecular flexibility index (Phi) is 7.47. The number of methoxy groups -OCH3 is 1. The Morgan fingerprint density at radius 1 is 1.14 bits per heavy atom. The second kappa shape index (κ2) is 11.0. The normalized spacial score (nSPS) is 16.3. The molecule has 2 aromatic heterocycles. The Morgan fingerprint density at radius 3 is 2.48 bits per heavy atom. The second-order valence-corrected chi connectivity index (χ2v) is 11.5. The third-order valence-corrected chi connectivity index (χ3v) is 8.60. The van der Waals surface area contributed by atoms with Crippen LogP contribution in [0.2, 0.25) is 5.02 Å². The minimum absolute atomic E-state index is 0.0217. The Bertz CT molecular complexity index is 1820. The van der Waals surface area contributed by atoms with E-state index >= 15 is 4.39 Å². The first kappa shape index (κ1) is 29.8. The van der Waals surface area contributed by atoms with E-state index in [2.05, 4.69) is 15.4 Å². The van der Waals surface area contributed by atoms with Gasteiger partial charge in [0, 0.05) is 52.5 Å². The molecule has 2 saturated carbocycles. The first-order valence-electron chi connectivity index (χ1n) is 13.7. The maximum absolute atomic E-state index is 16.0. The van der Waals surface area contributed by atoms with Gasteiger partial charge in [-0.05, 0) is 55.9 Å². The zero-order chi connectivity index (χ0) is 31.5. The summed E-state index contributed by atoms with van der Waals surface area (Å²) in [5.41, 5.74) is 4.04. The van der Waals surface area contributed by atoms with Crippen LogP contribution < -0.4 is 15.8 Å². The lowest BCUT2D eigenvalue weighted by molar-refractivity contribution is -0.120. The van der Waals surface area contributed by atoms with Crippen molar-refractivity contribution in [3.63, 3.8) is 0 Å². The zero-order valence-electron chi connectivity index (χ0n) is 23.1. The average molecular weight is 634 g/mol. The van der Waals surface area contributed by atoms with E-state index in [1.54, 1.807) is 0 Å². The number of halogens is 6. The number of hydrogen-bond donors (Lipinski definition) is 2. The number of carbonyl (C=O) groups excluding carboxylic acids is 2. The number of ether oxygens (including phenoxy) is 1. The maximum Gasteiger partial charge on any atom is 0.333 e. The average Bonchev–Trinajstić information content (AvgIpc) is 3.92. The minimum Gasteiger partial charge on any atom is -0.494 e. The van der Waals surface area contributed by atoms with Crippen molar-refractivity contribution in [2.75, 3.05) is 13.7 Å². The summed E-state index contributed by atoms with van der Waals surface area (Å²) in [4.78, 5) is 30.1. The van der Waals surface area contributed by atoms with Gasteiger partial charge in [0.25, 0.3) is 5.91 Å². The molecule has 2 aliphatic carbocycles. The molecule has 44 heavy (non-hydrogen) atoms. The van der Waals surface area contributed by atoms with E-state index in [0.717, 1.165) is 25.1 Å². The first-order chi connectivity index (χ1) is 20.9. The fourth-order valence-corrected chi connectivity index (χ4v) is 5.73. The van der Waals surface area contributed by atoms with Gasteiger partial charge in [0.1, 0.15) is 28.6 Å². The lowest BCUT2D eigenvalue weighted by Gasteiger charge is -2.22. The van der Waals surface area contributed by atoms with Gasteiger partial charge in [0.05, 0.1) is 17.5 Å². The molecule has 6 rings (SSSR count). The number of nitrogens with one attached hydrogen (secondary N) is 1. The molecular weight excluding hydrogens is 609 g/mol. The van der Waals surface area contributed by atoms with E-state index in [9.17, 15) is 27.2 Å². The number of carbonyl (C=O) groups is 2. The highest BCUT2D eigenvalue weighted by atomic mass is 35.5. The number of benzene rings is 2. The van der Waals surface area contributed by atoms with Crippen LogP contribution in [0.15, 0.2) is 36.5 Å². The third-order valence-electron chi connectivity index (χ3n) is 8.31. The van der Waals surface area contributed by atoms with Crippen LogP contribution in [0.1, 0.15) is 59.8 Å². The van der Waals surface area contributed by atoms with Crippen molar-refractivity contribution in [3.05, 3.63) is 75.8 Å². The highest BCUT2D eigenvalue weighted by Crippen LogP contribution is 2.51. The molecule has 0 bridgehead atoms. The van der Waals surface area contributed by atoms with Gasteiger partial charge in [0.15, 0.2) is 5.82 Å². The lowest BCUT2D eigenvalue weighted by atomic mass is 9.89. The molecule has 2 amide bonds. The molecule has 2 aliphatic rings. The predicted molar refractivity (Wildman–Crippen MR) is 150 cm³/mol. The van der Waals surface area contributed by atoms with Crippen LogP contribution in [0.4, 0.5) is 22.0 Å². The number of rotatable bonds is 10. The van der Waals surface area contributed by atoms with Crippen LogP contribution in [0.5, 0.6) is 5.75 Å². The van der Waals surface area contributed by atoms with Crippen molar-refractivity contribution in [3.8, 4) is 17.0 Å².